The molecule has 1 nitrogen and oxygen atoms in total. The first kappa shape index (κ1) is 28.7. The van der Waals surface area contributed by atoms with Crippen LogP contribution in [0.25, 0.3) is 0 Å². The summed E-state index contributed by atoms with van der Waals surface area (Å²) >= 11 is 0. The summed E-state index contributed by atoms with van der Waals surface area (Å²) in [6, 6.07) is 0. The third kappa shape index (κ3) is 27.7. The molecule has 0 radical (unpaired) electrons. The van der Waals surface area contributed by atoms with Crippen LogP contribution in [0, 0.1) is 0 Å². The van der Waals surface area contributed by atoms with Gasteiger partial charge in [0.25, 0.3) is 0 Å². The Morgan fingerprint density at radius 1 is 0.379 bits per heavy atom. The van der Waals surface area contributed by atoms with Gasteiger partial charge in [-0.3, -0.25) is 0 Å². The lowest BCUT2D eigenvalue weighted by Crippen LogP contribution is -1.84. The Balaban J connectivity index is 3.05. The molecule has 0 spiro atoms. The molecule has 0 amide bonds. The third-order valence-corrected chi connectivity index (χ3v) is 6.17. The van der Waals surface area contributed by atoms with Crippen LogP contribution in [-0.4, -0.2) is 11.7 Å². The Morgan fingerprint density at radius 2 is 0.655 bits per heavy atom. The minimum atomic E-state index is 0.365. The lowest BCUT2D eigenvalue weighted by atomic mass is 10.0. The van der Waals surface area contributed by atoms with Gasteiger partial charge in [-0.2, -0.15) is 0 Å². The van der Waals surface area contributed by atoms with E-state index in [-0.39, 0.29) is 0 Å². The van der Waals surface area contributed by atoms with Gasteiger partial charge in [0.1, 0.15) is 0 Å². The van der Waals surface area contributed by atoms with Crippen molar-refractivity contribution in [3.8, 4) is 0 Å². The summed E-state index contributed by atoms with van der Waals surface area (Å²) in [6.07, 6.45) is 38.1. The van der Waals surface area contributed by atoms with Gasteiger partial charge in [-0.1, -0.05) is 141 Å². The predicted octanol–water partition coefficient (Wildman–Crippen LogP) is 9.92. The van der Waals surface area contributed by atoms with E-state index in [0.29, 0.717) is 6.61 Å². The quantitative estimate of drug-likeness (QED) is 0.118. The van der Waals surface area contributed by atoms with E-state index in [1.54, 1.807) is 0 Å². The number of unbranched alkanes of at least 4 members (excludes halogenated alkanes) is 22. The molecular formula is C28H56O. The maximum Gasteiger partial charge on any atom is 0.0431 e. The largest absolute Gasteiger partial charge is 0.396 e. The third-order valence-electron chi connectivity index (χ3n) is 6.17. The van der Waals surface area contributed by atoms with Crippen molar-refractivity contribution in [2.45, 2.75) is 161 Å². The molecule has 0 saturated carbocycles. The van der Waals surface area contributed by atoms with Crippen molar-refractivity contribution in [2.75, 3.05) is 6.61 Å². The summed E-state index contributed by atoms with van der Waals surface area (Å²) < 4.78 is 0. The van der Waals surface area contributed by atoms with E-state index in [1.807, 2.05) is 0 Å². The predicted molar refractivity (Wildman–Crippen MR) is 133 cm³/mol. The van der Waals surface area contributed by atoms with E-state index in [9.17, 15) is 0 Å². The van der Waals surface area contributed by atoms with Gasteiger partial charge in [-0.25, -0.2) is 0 Å². The second-order valence-electron chi connectivity index (χ2n) is 9.20. The summed E-state index contributed by atoms with van der Waals surface area (Å²) in [5.41, 5.74) is 0. The topological polar surface area (TPSA) is 20.2 Å². The lowest BCUT2D eigenvalue weighted by molar-refractivity contribution is 0.282. The van der Waals surface area contributed by atoms with Crippen molar-refractivity contribution in [3.63, 3.8) is 0 Å². The summed E-state index contributed by atoms with van der Waals surface area (Å²) in [6.45, 7) is 2.66. The molecule has 0 atom stereocenters. The van der Waals surface area contributed by atoms with Crippen molar-refractivity contribution in [2.24, 2.45) is 0 Å². The van der Waals surface area contributed by atoms with Gasteiger partial charge in [0, 0.05) is 6.61 Å². The number of hydrogen-bond acceptors (Lipinski definition) is 1. The van der Waals surface area contributed by atoms with Crippen LogP contribution in [0.4, 0.5) is 0 Å². The average Bonchev–Trinajstić information content (AvgIpc) is 2.74. The molecule has 0 fully saturated rings. The number of aliphatic hydroxyl groups excluding tert-OH is 1. The van der Waals surface area contributed by atoms with Crippen LogP contribution < -0.4 is 0 Å². The standard InChI is InChI=1S/C28H56O/c1-2-3-4-5-6-7-8-9-10-11-12-13-14-15-16-17-18-19-20-21-22-23-24-25-26-27-28-29/h18-19,29H,2-17,20-28H2,1H3. The van der Waals surface area contributed by atoms with E-state index in [2.05, 4.69) is 19.1 Å². The molecular weight excluding hydrogens is 352 g/mol. The molecule has 29 heavy (non-hydrogen) atoms. The molecule has 174 valence electrons. The Morgan fingerprint density at radius 3 is 0.966 bits per heavy atom. The first-order chi connectivity index (χ1) is 14.4. The smallest absolute Gasteiger partial charge is 0.0431 e. The summed E-state index contributed by atoms with van der Waals surface area (Å²) in [5.74, 6) is 0. The molecule has 0 aliphatic rings. The Kier molecular flexibility index (Phi) is 27.4. The SMILES string of the molecule is CCCCCCCCCCCCCCCCCC=CCCCCCCCCCO. The van der Waals surface area contributed by atoms with Crippen molar-refractivity contribution in [1.82, 2.24) is 0 Å². The highest BCUT2D eigenvalue weighted by Crippen LogP contribution is 2.14. The fraction of sp³-hybridized carbons (Fsp3) is 0.929. The highest BCUT2D eigenvalue weighted by Gasteiger charge is 1.94. The zero-order valence-corrected chi connectivity index (χ0v) is 20.3. The normalized spacial score (nSPS) is 11.7. The summed E-state index contributed by atoms with van der Waals surface area (Å²) in [7, 11) is 0. The second kappa shape index (κ2) is 27.7. The van der Waals surface area contributed by atoms with Crippen LogP contribution in [0.2, 0.25) is 0 Å². The average molecular weight is 409 g/mol. The monoisotopic (exact) mass is 408 g/mol. The number of hydrogen-bond donors (Lipinski definition) is 1. The van der Waals surface area contributed by atoms with E-state index in [1.165, 1.54) is 148 Å². The molecule has 0 aromatic rings. The van der Waals surface area contributed by atoms with Crippen LogP contribution in [0.5, 0.6) is 0 Å². The molecule has 0 saturated heterocycles. The molecule has 0 aliphatic heterocycles. The first-order valence-corrected chi connectivity index (χ1v) is 13.7. The molecule has 1 heteroatoms. The maximum absolute atomic E-state index is 8.74. The Hall–Kier alpha value is -0.300. The van der Waals surface area contributed by atoms with Gasteiger partial charge in [0.15, 0.2) is 0 Å². The van der Waals surface area contributed by atoms with Crippen LogP contribution in [0.1, 0.15) is 161 Å². The molecule has 0 rings (SSSR count). The van der Waals surface area contributed by atoms with Gasteiger partial charge in [-0.05, 0) is 32.1 Å². The van der Waals surface area contributed by atoms with Crippen LogP contribution in [0.3, 0.4) is 0 Å². The molecule has 0 aromatic heterocycles. The van der Waals surface area contributed by atoms with Crippen LogP contribution >= 0.6 is 0 Å². The van der Waals surface area contributed by atoms with Crippen molar-refractivity contribution in [1.29, 1.82) is 0 Å². The van der Waals surface area contributed by atoms with Gasteiger partial charge >= 0.3 is 0 Å². The van der Waals surface area contributed by atoms with E-state index in [4.69, 9.17) is 5.11 Å². The van der Waals surface area contributed by atoms with Gasteiger partial charge in [-0.15, -0.1) is 0 Å². The lowest BCUT2D eigenvalue weighted by Gasteiger charge is -2.03. The van der Waals surface area contributed by atoms with E-state index >= 15 is 0 Å². The van der Waals surface area contributed by atoms with Crippen LogP contribution in [-0.2, 0) is 0 Å². The minimum absolute atomic E-state index is 0.365. The summed E-state index contributed by atoms with van der Waals surface area (Å²) in [4.78, 5) is 0. The van der Waals surface area contributed by atoms with E-state index < -0.39 is 0 Å². The highest BCUT2D eigenvalue weighted by atomic mass is 16.2. The molecule has 1 N–H and O–H groups in total. The van der Waals surface area contributed by atoms with Gasteiger partial charge < -0.3 is 5.11 Å². The number of allylic oxidation sites excluding steroid dienone is 2. The van der Waals surface area contributed by atoms with Crippen molar-refractivity contribution in [3.05, 3.63) is 12.2 Å². The first-order valence-electron chi connectivity index (χ1n) is 13.7. The zero-order chi connectivity index (χ0) is 21.1. The van der Waals surface area contributed by atoms with Gasteiger partial charge in [0.2, 0.25) is 0 Å². The Bertz CT molecular complexity index is 297. The Labute approximate surface area is 185 Å². The minimum Gasteiger partial charge on any atom is -0.396 e. The van der Waals surface area contributed by atoms with Gasteiger partial charge in [0.05, 0.1) is 0 Å². The summed E-state index contributed by atoms with van der Waals surface area (Å²) in [5, 5.41) is 8.74. The zero-order valence-electron chi connectivity index (χ0n) is 20.3. The van der Waals surface area contributed by atoms with Crippen molar-refractivity contribution < 1.29 is 5.11 Å². The molecule has 0 aromatic carbocycles. The second-order valence-corrected chi connectivity index (χ2v) is 9.20. The van der Waals surface area contributed by atoms with E-state index in [0.717, 1.165) is 6.42 Å². The fourth-order valence-corrected chi connectivity index (χ4v) is 4.13. The molecule has 0 aliphatic carbocycles. The fourth-order valence-electron chi connectivity index (χ4n) is 4.13. The molecule has 0 heterocycles. The molecule has 0 unspecified atom stereocenters. The number of rotatable bonds is 25. The highest BCUT2D eigenvalue weighted by molar-refractivity contribution is 4.81. The number of aliphatic hydroxyl groups is 1. The molecule has 0 bridgehead atoms. The van der Waals surface area contributed by atoms with Crippen molar-refractivity contribution >= 4 is 0 Å². The van der Waals surface area contributed by atoms with Crippen LogP contribution in [0.15, 0.2) is 12.2 Å². The maximum atomic E-state index is 8.74.